The van der Waals surface area contributed by atoms with E-state index in [2.05, 4.69) is 32.6 Å². The molecule has 3 rings (SSSR count). The highest BCUT2D eigenvalue weighted by Gasteiger charge is 2.34. The number of phenols is 2. The van der Waals surface area contributed by atoms with Crippen LogP contribution in [0.3, 0.4) is 0 Å². The Bertz CT molecular complexity index is 806. The first-order valence-corrected chi connectivity index (χ1v) is 10.1. The summed E-state index contributed by atoms with van der Waals surface area (Å²) in [4.78, 5) is 23.0. The number of alkyl halides is 1. The first kappa shape index (κ1) is 19.3. The van der Waals surface area contributed by atoms with Crippen molar-refractivity contribution >= 4 is 40.9 Å². The Kier molecular flexibility index (Phi) is 6.44. The number of carbonyl (C=O) groups is 1. The van der Waals surface area contributed by atoms with Crippen LogP contribution in [0.5, 0.6) is 11.5 Å². The molecule has 0 aliphatic carbocycles. The van der Waals surface area contributed by atoms with Crippen LogP contribution in [0, 0.1) is 0 Å². The molecule has 1 fully saturated rings. The van der Waals surface area contributed by atoms with Gasteiger partial charge in [-0.25, -0.2) is 0 Å². The molecule has 2 aromatic rings. The average Bonchev–Trinajstić information content (AvgIpc) is 3.09. The monoisotopic (exact) mass is 477 g/mol. The Balaban J connectivity index is 1.81. The molecule has 1 heterocycles. The van der Waals surface area contributed by atoms with Crippen molar-refractivity contribution in [1.29, 1.82) is 0 Å². The lowest BCUT2D eigenvalue weighted by Gasteiger charge is -2.13. The van der Waals surface area contributed by atoms with Crippen molar-refractivity contribution in [1.82, 2.24) is 4.90 Å². The van der Waals surface area contributed by atoms with Crippen LogP contribution in [0.2, 0.25) is 0 Å². The van der Waals surface area contributed by atoms with Crippen LogP contribution in [0.1, 0.15) is 11.1 Å². The molecule has 0 radical (unpaired) electrons. The second-order valence-corrected chi connectivity index (χ2v) is 7.00. The van der Waals surface area contributed by atoms with Gasteiger partial charge in [-0.2, -0.15) is 0 Å². The van der Waals surface area contributed by atoms with Gasteiger partial charge in [-0.15, -0.1) is 0 Å². The predicted molar refractivity (Wildman–Crippen MR) is 114 cm³/mol. The van der Waals surface area contributed by atoms with E-state index in [0.717, 1.165) is 0 Å². The second-order valence-electron chi connectivity index (χ2n) is 6.24. The number of benzene rings is 2. The van der Waals surface area contributed by atoms with Crippen molar-refractivity contribution in [2.75, 3.05) is 17.5 Å². The molecule has 2 aromatic carbocycles. The summed E-state index contributed by atoms with van der Waals surface area (Å²) in [5.74, 6) is 0.376. The Labute approximate surface area is 171 Å². The van der Waals surface area contributed by atoms with E-state index in [4.69, 9.17) is 0 Å². The number of hydrogen-bond donors (Lipinski definition) is 2. The quantitative estimate of drug-likeness (QED) is 0.395. The second kappa shape index (κ2) is 8.98. The first-order valence-electron chi connectivity index (χ1n) is 8.54. The van der Waals surface area contributed by atoms with Crippen molar-refractivity contribution < 1.29 is 15.0 Å². The van der Waals surface area contributed by atoms with E-state index in [9.17, 15) is 15.0 Å². The minimum Gasteiger partial charge on any atom is -0.507 e. The van der Waals surface area contributed by atoms with Gasteiger partial charge in [0, 0.05) is 36.6 Å². The highest BCUT2D eigenvalue weighted by molar-refractivity contribution is 14.1. The summed E-state index contributed by atoms with van der Waals surface area (Å²) in [7, 11) is 0. The Morgan fingerprint density at radius 3 is 1.81 bits per heavy atom. The molecule has 2 atom stereocenters. The van der Waals surface area contributed by atoms with E-state index < -0.39 is 0 Å². The molecule has 1 aliphatic heterocycles. The number of rotatable bonds is 5. The molecule has 0 unspecified atom stereocenters. The summed E-state index contributed by atoms with van der Waals surface area (Å²) in [5.41, 5.74) is 1.25. The smallest absolute Gasteiger partial charge is 0.232 e. The average molecular weight is 477 g/mol. The summed E-state index contributed by atoms with van der Waals surface area (Å²) >= 11 is 2.05. The molecular formula is C20H20IN3O3. The highest BCUT2D eigenvalue weighted by Crippen LogP contribution is 2.20. The zero-order chi connectivity index (χ0) is 19.2. The summed E-state index contributed by atoms with van der Waals surface area (Å²) in [5, 5.41) is 19.8. The maximum Gasteiger partial charge on any atom is 0.232 e. The number of amides is 1. The number of aliphatic imine (C=N–C) groups is 2. The Hall–Kier alpha value is -2.42. The van der Waals surface area contributed by atoms with Crippen molar-refractivity contribution in [2.24, 2.45) is 9.98 Å². The van der Waals surface area contributed by atoms with Crippen LogP contribution < -0.4 is 0 Å². The van der Waals surface area contributed by atoms with Crippen LogP contribution in [0.4, 0.5) is 0 Å². The van der Waals surface area contributed by atoms with E-state index in [0.29, 0.717) is 28.6 Å². The van der Waals surface area contributed by atoms with Crippen LogP contribution in [-0.4, -0.2) is 63.1 Å². The molecule has 1 aliphatic rings. The van der Waals surface area contributed by atoms with Gasteiger partial charge >= 0.3 is 0 Å². The molecule has 140 valence electrons. The molecule has 1 saturated heterocycles. The van der Waals surface area contributed by atoms with Gasteiger partial charge in [0.25, 0.3) is 0 Å². The van der Waals surface area contributed by atoms with Crippen LogP contribution in [-0.2, 0) is 4.79 Å². The number of nitrogens with zero attached hydrogens (tertiary/aromatic N) is 3. The van der Waals surface area contributed by atoms with E-state index in [1.807, 2.05) is 12.1 Å². The maximum atomic E-state index is 12.1. The number of para-hydroxylation sites is 2. The van der Waals surface area contributed by atoms with Gasteiger partial charge in [0.05, 0.1) is 16.5 Å². The minimum absolute atomic E-state index is 0.0543. The largest absolute Gasteiger partial charge is 0.507 e. The Morgan fingerprint density at radius 1 is 0.963 bits per heavy atom. The Morgan fingerprint density at radius 2 is 1.41 bits per heavy atom. The molecule has 2 N–H and O–H groups in total. The fourth-order valence-corrected chi connectivity index (χ4v) is 3.38. The number of aromatic hydroxyl groups is 2. The summed E-state index contributed by atoms with van der Waals surface area (Å²) in [6.07, 6.45) is 3.25. The third-order valence-electron chi connectivity index (χ3n) is 4.41. The predicted octanol–water partition coefficient (Wildman–Crippen LogP) is 2.65. The third-order valence-corrected chi connectivity index (χ3v) is 5.06. The van der Waals surface area contributed by atoms with Crippen LogP contribution >= 0.6 is 22.6 Å². The molecule has 0 saturated carbocycles. The van der Waals surface area contributed by atoms with Crippen molar-refractivity contribution in [2.45, 2.75) is 12.1 Å². The SMILES string of the molecule is O=C(CI)N1C[C@H](N=Cc2ccccc2O)[C@H](N=Cc2ccccc2O)C1. The van der Waals surface area contributed by atoms with E-state index in [1.54, 1.807) is 53.7 Å². The van der Waals surface area contributed by atoms with Gasteiger partial charge in [-0.05, 0) is 24.3 Å². The number of phenolic OH excluding ortho intramolecular Hbond substituents is 2. The standard InChI is InChI=1S/C20H20IN3O3/c21-9-20(27)24-12-16(22-10-14-5-1-3-7-18(14)25)17(13-24)23-11-15-6-2-4-8-19(15)26/h1-8,10-11,16-17,25-26H,9,12-13H2/t16-,17+. The lowest BCUT2D eigenvalue weighted by Crippen LogP contribution is -2.30. The van der Waals surface area contributed by atoms with Gasteiger partial charge in [-0.1, -0.05) is 46.9 Å². The fourth-order valence-electron chi connectivity index (χ4n) is 2.90. The van der Waals surface area contributed by atoms with Gasteiger partial charge < -0.3 is 15.1 Å². The fraction of sp³-hybridized carbons (Fsp3) is 0.250. The van der Waals surface area contributed by atoms with E-state index in [-0.39, 0.29) is 29.5 Å². The van der Waals surface area contributed by atoms with Gasteiger partial charge in [-0.3, -0.25) is 14.8 Å². The maximum absolute atomic E-state index is 12.1. The van der Waals surface area contributed by atoms with Gasteiger partial charge in [0.2, 0.25) is 5.91 Å². The lowest BCUT2D eigenvalue weighted by molar-refractivity contribution is -0.127. The van der Waals surface area contributed by atoms with Crippen molar-refractivity contribution in [3.05, 3.63) is 59.7 Å². The molecule has 0 aromatic heterocycles. The van der Waals surface area contributed by atoms with Crippen LogP contribution in [0.25, 0.3) is 0 Å². The highest BCUT2D eigenvalue weighted by atomic mass is 127. The van der Waals surface area contributed by atoms with Gasteiger partial charge in [0.15, 0.2) is 0 Å². The minimum atomic E-state index is -0.210. The topological polar surface area (TPSA) is 85.5 Å². The summed E-state index contributed by atoms with van der Waals surface area (Å²) in [6.45, 7) is 0.962. The van der Waals surface area contributed by atoms with Gasteiger partial charge in [0.1, 0.15) is 11.5 Å². The first-order chi connectivity index (χ1) is 13.1. The summed E-state index contributed by atoms with van der Waals surface area (Å²) < 4.78 is 0.406. The third kappa shape index (κ3) is 4.85. The van der Waals surface area contributed by atoms with E-state index in [1.165, 1.54) is 0 Å². The summed E-state index contributed by atoms with van der Waals surface area (Å²) in [6, 6.07) is 13.5. The number of carbonyl (C=O) groups excluding carboxylic acids is 1. The molecule has 1 amide bonds. The van der Waals surface area contributed by atoms with Crippen LogP contribution in [0.15, 0.2) is 58.5 Å². The molecule has 0 spiro atoms. The number of hydrogen-bond acceptors (Lipinski definition) is 5. The van der Waals surface area contributed by atoms with Crippen molar-refractivity contribution in [3.8, 4) is 11.5 Å². The molecule has 0 bridgehead atoms. The van der Waals surface area contributed by atoms with Crippen molar-refractivity contribution in [3.63, 3.8) is 0 Å². The molecule has 7 heteroatoms. The molecular weight excluding hydrogens is 457 g/mol. The van der Waals surface area contributed by atoms with E-state index >= 15 is 0 Å². The molecule has 6 nitrogen and oxygen atoms in total. The number of halogens is 1. The lowest BCUT2D eigenvalue weighted by atomic mass is 10.1. The molecule has 27 heavy (non-hydrogen) atoms. The normalized spacial score (nSPS) is 20.0. The number of likely N-dealkylation sites (tertiary alicyclic amines) is 1. The zero-order valence-corrected chi connectivity index (χ0v) is 16.7. The zero-order valence-electron chi connectivity index (χ0n) is 14.6.